The van der Waals surface area contributed by atoms with Crippen LogP contribution in [0.15, 0.2) is 79.0 Å². The Morgan fingerprint density at radius 3 is 2.61 bits per heavy atom. The molecule has 0 aliphatic rings. The van der Waals surface area contributed by atoms with Crippen LogP contribution in [0.3, 0.4) is 0 Å². The molecule has 28 heavy (non-hydrogen) atoms. The smallest absolute Gasteiger partial charge is 0.266 e. The van der Waals surface area contributed by atoms with E-state index in [0.29, 0.717) is 10.7 Å². The van der Waals surface area contributed by atoms with Gasteiger partial charge in [-0.1, -0.05) is 54.6 Å². The van der Waals surface area contributed by atoms with Gasteiger partial charge in [0.1, 0.15) is 17.2 Å². The molecule has 0 spiro atoms. The van der Waals surface area contributed by atoms with Crippen LogP contribution in [-0.2, 0) is 0 Å². The molecule has 0 fully saturated rings. The summed E-state index contributed by atoms with van der Waals surface area (Å²) >= 11 is 1.50. The van der Waals surface area contributed by atoms with E-state index in [1.165, 1.54) is 11.3 Å². The maximum Gasteiger partial charge on any atom is 0.266 e. The van der Waals surface area contributed by atoms with Crippen molar-refractivity contribution in [3.63, 3.8) is 0 Å². The third-order valence-corrected chi connectivity index (χ3v) is 5.81. The zero-order valence-electron chi connectivity index (χ0n) is 15.2. The summed E-state index contributed by atoms with van der Waals surface area (Å²) in [5.74, 6) is 0.564. The second-order valence-corrected chi connectivity index (χ2v) is 7.80. The van der Waals surface area contributed by atoms with Gasteiger partial charge in [-0.2, -0.15) is 0 Å². The number of hydrogen-bond acceptors (Lipinski definition) is 3. The summed E-state index contributed by atoms with van der Waals surface area (Å²) in [6.45, 7) is 2.03. The lowest BCUT2D eigenvalue weighted by Crippen LogP contribution is -2.12. The molecule has 0 aliphatic carbocycles. The van der Waals surface area contributed by atoms with E-state index >= 15 is 0 Å². The minimum atomic E-state index is -0.123. The molecule has 0 bridgehead atoms. The van der Waals surface area contributed by atoms with Crippen LogP contribution in [0.4, 0.5) is 5.82 Å². The number of anilines is 1. The number of nitrogens with one attached hydrogen (secondary N) is 1. The highest BCUT2D eigenvalue weighted by molar-refractivity contribution is 7.20. The van der Waals surface area contributed by atoms with E-state index in [2.05, 4.69) is 5.32 Å². The number of nitrogens with zero attached hydrogens (tertiary/aromatic N) is 2. The highest BCUT2D eigenvalue weighted by atomic mass is 32.1. The van der Waals surface area contributed by atoms with Gasteiger partial charge in [0.25, 0.3) is 5.91 Å². The lowest BCUT2D eigenvalue weighted by atomic mass is 10.1. The van der Waals surface area contributed by atoms with E-state index < -0.39 is 0 Å². The van der Waals surface area contributed by atoms with Gasteiger partial charge in [0.05, 0.1) is 4.88 Å². The van der Waals surface area contributed by atoms with Crippen LogP contribution in [0.5, 0.6) is 0 Å². The van der Waals surface area contributed by atoms with Crippen LogP contribution in [-0.4, -0.2) is 15.3 Å². The van der Waals surface area contributed by atoms with Gasteiger partial charge in [0, 0.05) is 16.5 Å². The van der Waals surface area contributed by atoms with Crippen LogP contribution in [0.25, 0.3) is 27.0 Å². The summed E-state index contributed by atoms with van der Waals surface area (Å²) < 4.78 is 3.05. The van der Waals surface area contributed by atoms with Gasteiger partial charge in [-0.3, -0.25) is 9.20 Å². The van der Waals surface area contributed by atoms with Crippen molar-refractivity contribution in [1.82, 2.24) is 9.38 Å². The Balaban J connectivity index is 1.62. The van der Waals surface area contributed by atoms with E-state index in [9.17, 15) is 4.79 Å². The summed E-state index contributed by atoms with van der Waals surface area (Å²) in [6, 6.07) is 23.9. The third kappa shape index (κ3) is 2.86. The molecule has 0 saturated carbocycles. The minimum Gasteiger partial charge on any atom is -0.305 e. The average Bonchev–Trinajstić information content (AvgIpc) is 3.30. The van der Waals surface area contributed by atoms with Gasteiger partial charge in [-0.15, -0.1) is 11.3 Å². The normalized spacial score (nSPS) is 11.2. The van der Waals surface area contributed by atoms with Gasteiger partial charge in [-0.25, -0.2) is 4.98 Å². The number of fused-ring (bicyclic) bond motifs is 2. The summed E-state index contributed by atoms with van der Waals surface area (Å²) in [6.07, 6.45) is 2.00. The Kier molecular flexibility index (Phi) is 3.95. The topological polar surface area (TPSA) is 46.4 Å². The molecule has 1 amide bonds. The summed E-state index contributed by atoms with van der Waals surface area (Å²) in [5, 5.41) is 4.19. The fourth-order valence-electron chi connectivity index (χ4n) is 3.33. The van der Waals surface area contributed by atoms with Crippen LogP contribution < -0.4 is 5.32 Å². The van der Waals surface area contributed by atoms with Crippen molar-refractivity contribution < 1.29 is 4.79 Å². The number of aryl methyl sites for hydroxylation is 1. The molecule has 2 aromatic carbocycles. The van der Waals surface area contributed by atoms with Gasteiger partial charge >= 0.3 is 0 Å². The van der Waals surface area contributed by atoms with Crippen molar-refractivity contribution in [1.29, 1.82) is 0 Å². The minimum absolute atomic E-state index is 0.123. The van der Waals surface area contributed by atoms with Gasteiger partial charge < -0.3 is 5.32 Å². The number of benzene rings is 2. The van der Waals surface area contributed by atoms with Crippen molar-refractivity contribution >= 4 is 38.8 Å². The maximum atomic E-state index is 13.1. The first-order chi connectivity index (χ1) is 13.7. The van der Waals surface area contributed by atoms with Gasteiger partial charge in [0.15, 0.2) is 0 Å². The summed E-state index contributed by atoms with van der Waals surface area (Å²) in [7, 11) is 0. The Hall–Kier alpha value is -3.44. The first kappa shape index (κ1) is 16.7. The molecule has 0 aliphatic heterocycles. The molecule has 0 radical (unpaired) electrons. The van der Waals surface area contributed by atoms with Crippen molar-refractivity contribution in [2.24, 2.45) is 0 Å². The van der Waals surface area contributed by atoms with Crippen molar-refractivity contribution in [2.75, 3.05) is 5.32 Å². The molecule has 0 atom stereocenters. The van der Waals surface area contributed by atoms with Gasteiger partial charge in [0.2, 0.25) is 0 Å². The van der Waals surface area contributed by atoms with Crippen LogP contribution in [0.2, 0.25) is 0 Å². The number of rotatable bonds is 3. The lowest BCUT2D eigenvalue weighted by Gasteiger charge is -2.07. The molecular weight excluding hydrogens is 366 g/mol. The monoisotopic (exact) mass is 383 g/mol. The summed E-state index contributed by atoms with van der Waals surface area (Å²) in [4.78, 5) is 18.5. The zero-order valence-corrected chi connectivity index (χ0v) is 16.0. The lowest BCUT2D eigenvalue weighted by molar-refractivity contribution is 0.103. The Morgan fingerprint density at radius 2 is 1.79 bits per heavy atom. The Morgan fingerprint density at radius 1 is 1.00 bits per heavy atom. The van der Waals surface area contributed by atoms with Crippen LogP contribution in [0.1, 0.15) is 15.2 Å². The molecule has 5 heteroatoms. The SMILES string of the molecule is Cc1ccc2nc(-c3ccccc3)c(NC(=O)c3cc4ccccc4s3)n2c1. The molecule has 5 rings (SSSR count). The molecule has 4 nitrogen and oxygen atoms in total. The van der Waals surface area contributed by atoms with Crippen LogP contribution in [0, 0.1) is 6.92 Å². The molecule has 0 unspecified atom stereocenters. The molecule has 0 saturated heterocycles. The fourth-order valence-corrected chi connectivity index (χ4v) is 4.29. The number of aromatic nitrogens is 2. The highest BCUT2D eigenvalue weighted by Gasteiger charge is 2.18. The van der Waals surface area contributed by atoms with Crippen molar-refractivity contribution in [3.05, 3.63) is 89.4 Å². The van der Waals surface area contributed by atoms with E-state index in [1.54, 1.807) is 0 Å². The first-order valence-corrected chi connectivity index (χ1v) is 9.85. The van der Waals surface area contributed by atoms with Crippen molar-refractivity contribution in [2.45, 2.75) is 6.92 Å². The third-order valence-electron chi connectivity index (χ3n) is 4.69. The average molecular weight is 383 g/mol. The number of thiophene rings is 1. The van der Waals surface area contributed by atoms with E-state index in [-0.39, 0.29) is 5.91 Å². The van der Waals surface area contributed by atoms with Crippen LogP contribution >= 0.6 is 11.3 Å². The highest BCUT2D eigenvalue weighted by Crippen LogP contribution is 2.31. The number of hydrogen-bond donors (Lipinski definition) is 1. The molecule has 136 valence electrons. The predicted octanol–water partition coefficient (Wildman–Crippen LogP) is 5.78. The summed E-state index contributed by atoms with van der Waals surface area (Å²) in [5.41, 5.74) is 3.63. The standard InChI is InChI=1S/C23H17N3OS/c1-15-11-12-20-24-21(16-7-3-2-4-8-16)22(26(20)14-15)25-23(27)19-13-17-9-5-6-10-18(17)28-19/h2-14H,1H3,(H,25,27). The van der Waals surface area contributed by atoms with E-state index in [1.807, 2.05) is 90.3 Å². The Labute approximate surface area is 166 Å². The molecule has 3 aromatic heterocycles. The Bertz CT molecular complexity index is 1280. The fraction of sp³-hybridized carbons (Fsp3) is 0.0435. The zero-order chi connectivity index (χ0) is 19.1. The van der Waals surface area contributed by atoms with E-state index in [0.717, 1.165) is 32.6 Å². The number of imidazole rings is 1. The first-order valence-electron chi connectivity index (χ1n) is 9.03. The number of carbonyl (C=O) groups is 1. The van der Waals surface area contributed by atoms with E-state index in [4.69, 9.17) is 4.98 Å². The molecule has 3 heterocycles. The second-order valence-electron chi connectivity index (χ2n) is 6.71. The number of pyridine rings is 1. The maximum absolute atomic E-state index is 13.1. The van der Waals surface area contributed by atoms with Gasteiger partial charge in [-0.05, 0) is 36.1 Å². The largest absolute Gasteiger partial charge is 0.305 e. The molecule has 1 N–H and O–H groups in total. The molecule has 5 aromatic rings. The quantitative estimate of drug-likeness (QED) is 0.429. The number of amides is 1. The number of carbonyl (C=O) groups excluding carboxylic acids is 1. The molecular formula is C23H17N3OS. The second kappa shape index (κ2) is 6.62. The van der Waals surface area contributed by atoms with Crippen molar-refractivity contribution in [3.8, 4) is 11.3 Å². The predicted molar refractivity (Wildman–Crippen MR) is 115 cm³/mol.